The molecule has 0 aliphatic heterocycles. The SMILES string of the molecule is Cc1ccc(OCc2nnc(SCc3ccc(Cl)cc3Cl)n2Cc2ccco2)cc1. The molecule has 0 spiro atoms. The normalized spacial score (nSPS) is 11.0. The Balaban J connectivity index is 1.52. The molecule has 2 heterocycles. The topological polar surface area (TPSA) is 53.1 Å². The molecular formula is C22H19Cl2N3O2S. The van der Waals surface area contributed by atoms with Crippen molar-refractivity contribution in [3.8, 4) is 5.75 Å². The van der Waals surface area contributed by atoms with Gasteiger partial charge in [0, 0.05) is 15.8 Å². The first-order valence-electron chi connectivity index (χ1n) is 9.29. The number of thioether (sulfide) groups is 1. The van der Waals surface area contributed by atoms with E-state index in [0.717, 1.165) is 28.1 Å². The zero-order valence-electron chi connectivity index (χ0n) is 16.2. The predicted octanol–water partition coefficient (Wildman–Crippen LogP) is 6.41. The first kappa shape index (κ1) is 20.8. The number of nitrogens with zero attached hydrogens (tertiary/aromatic N) is 3. The molecule has 0 N–H and O–H groups in total. The number of aryl methyl sites for hydroxylation is 1. The number of aromatic nitrogens is 3. The van der Waals surface area contributed by atoms with Crippen molar-refractivity contribution in [3.63, 3.8) is 0 Å². The number of hydrogen-bond acceptors (Lipinski definition) is 5. The summed E-state index contributed by atoms with van der Waals surface area (Å²) in [7, 11) is 0. The summed E-state index contributed by atoms with van der Waals surface area (Å²) in [4.78, 5) is 0. The molecule has 0 unspecified atom stereocenters. The second-order valence-electron chi connectivity index (χ2n) is 6.69. The molecule has 0 saturated carbocycles. The number of furan rings is 1. The summed E-state index contributed by atoms with van der Waals surface area (Å²) in [6.07, 6.45) is 1.66. The number of hydrogen-bond donors (Lipinski definition) is 0. The molecule has 8 heteroatoms. The van der Waals surface area contributed by atoms with E-state index in [0.29, 0.717) is 28.9 Å². The third kappa shape index (κ3) is 5.19. The molecule has 0 radical (unpaired) electrons. The van der Waals surface area contributed by atoms with E-state index in [9.17, 15) is 0 Å². The fourth-order valence-electron chi connectivity index (χ4n) is 2.81. The van der Waals surface area contributed by atoms with Crippen molar-refractivity contribution < 1.29 is 9.15 Å². The minimum Gasteiger partial charge on any atom is -0.486 e. The van der Waals surface area contributed by atoms with Gasteiger partial charge in [0.2, 0.25) is 0 Å². The van der Waals surface area contributed by atoms with Gasteiger partial charge in [0.15, 0.2) is 11.0 Å². The zero-order chi connectivity index (χ0) is 20.9. The van der Waals surface area contributed by atoms with Gasteiger partial charge in [-0.25, -0.2) is 0 Å². The monoisotopic (exact) mass is 459 g/mol. The minimum atomic E-state index is 0.305. The largest absolute Gasteiger partial charge is 0.486 e. The number of benzene rings is 2. The third-order valence-electron chi connectivity index (χ3n) is 4.45. The summed E-state index contributed by atoms with van der Waals surface area (Å²) in [6, 6.07) is 17.2. The Morgan fingerprint density at radius 3 is 2.63 bits per heavy atom. The fourth-order valence-corrected chi connectivity index (χ4v) is 4.33. The van der Waals surface area contributed by atoms with Crippen molar-refractivity contribution in [3.05, 3.63) is 93.6 Å². The van der Waals surface area contributed by atoms with E-state index < -0.39 is 0 Å². The van der Waals surface area contributed by atoms with Gasteiger partial charge in [-0.05, 0) is 48.9 Å². The second kappa shape index (κ2) is 9.60. The van der Waals surface area contributed by atoms with Gasteiger partial charge < -0.3 is 9.15 Å². The Labute approximate surface area is 189 Å². The first-order chi connectivity index (χ1) is 14.6. The molecule has 4 rings (SSSR count). The molecule has 0 fully saturated rings. The van der Waals surface area contributed by atoms with Gasteiger partial charge in [-0.1, -0.05) is 58.7 Å². The van der Waals surface area contributed by atoms with Crippen LogP contribution in [0.4, 0.5) is 0 Å². The molecule has 0 bridgehead atoms. The Kier molecular flexibility index (Phi) is 6.67. The molecule has 4 aromatic rings. The van der Waals surface area contributed by atoms with E-state index >= 15 is 0 Å². The Hall–Kier alpha value is -2.41. The minimum absolute atomic E-state index is 0.305. The molecule has 154 valence electrons. The quantitative estimate of drug-likeness (QED) is 0.285. The van der Waals surface area contributed by atoms with Gasteiger partial charge in [-0.15, -0.1) is 10.2 Å². The van der Waals surface area contributed by atoms with Crippen molar-refractivity contribution in [2.24, 2.45) is 0 Å². The fraction of sp³-hybridized carbons (Fsp3) is 0.182. The van der Waals surface area contributed by atoms with E-state index in [-0.39, 0.29) is 0 Å². The lowest BCUT2D eigenvalue weighted by Crippen LogP contribution is -2.09. The molecule has 0 atom stereocenters. The van der Waals surface area contributed by atoms with Crippen LogP contribution in [0.15, 0.2) is 70.4 Å². The van der Waals surface area contributed by atoms with Crippen LogP contribution >= 0.6 is 35.0 Å². The van der Waals surface area contributed by atoms with E-state index in [2.05, 4.69) is 10.2 Å². The van der Waals surface area contributed by atoms with Crippen molar-refractivity contribution in [2.75, 3.05) is 0 Å². The van der Waals surface area contributed by atoms with Crippen LogP contribution in [0, 0.1) is 6.92 Å². The number of rotatable bonds is 8. The lowest BCUT2D eigenvalue weighted by Gasteiger charge is -2.10. The standard InChI is InChI=1S/C22H19Cl2N3O2S/c1-15-4-8-18(9-5-15)29-13-21-25-26-22(27(21)12-19-3-2-10-28-19)30-14-16-6-7-17(23)11-20(16)24/h2-11H,12-14H2,1H3. The summed E-state index contributed by atoms with van der Waals surface area (Å²) < 4.78 is 13.4. The average Bonchev–Trinajstić information content (AvgIpc) is 3.38. The summed E-state index contributed by atoms with van der Waals surface area (Å²) in [5, 5.41) is 10.7. The van der Waals surface area contributed by atoms with Gasteiger partial charge in [0.1, 0.15) is 18.1 Å². The molecule has 5 nitrogen and oxygen atoms in total. The van der Waals surface area contributed by atoms with Crippen LogP contribution in [0.25, 0.3) is 0 Å². The molecule has 2 aromatic heterocycles. The maximum absolute atomic E-state index is 6.31. The van der Waals surface area contributed by atoms with E-state index in [1.165, 1.54) is 5.56 Å². The molecule has 0 aliphatic rings. The van der Waals surface area contributed by atoms with Crippen molar-refractivity contribution in [1.29, 1.82) is 0 Å². The van der Waals surface area contributed by atoms with Gasteiger partial charge in [-0.2, -0.15) is 0 Å². The van der Waals surface area contributed by atoms with Crippen LogP contribution in [0.5, 0.6) is 5.75 Å². The number of ether oxygens (including phenoxy) is 1. The highest BCUT2D eigenvalue weighted by Gasteiger charge is 2.16. The van der Waals surface area contributed by atoms with Crippen LogP contribution in [0.1, 0.15) is 22.7 Å². The Morgan fingerprint density at radius 2 is 1.90 bits per heavy atom. The van der Waals surface area contributed by atoms with Crippen LogP contribution in [-0.2, 0) is 18.9 Å². The lowest BCUT2D eigenvalue weighted by molar-refractivity contribution is 0.287. The van der Waals surface area contributed by atoms with E-state index in [4.69, 9.17) is 32.4 Å². The Bertz CT molecular complexity index is 1110. The number of halogens is 2. The van der Waals surface area contributed by atoms with Crippen molar-refractivity contribution >= 4 is 35.0 Å². The van der Waals surface area contributed by atoms with Crippen LogP contribution in [0.3, 0.4) is 0 Å². The highest BCUT2D eigenvalue weighted by atomic mass is 35.5. The van der Waals surface area contributed by atoms with Crippen molar-refractivity contribution in [2.45, 2.75) is 31.0 Å². The molecular weight excluding hydrogens is 441 g/mol. The van der Waals surface area contributed by atoms with Gasteiger partial charge in [0.05, 0.1) is 12.8 Å². The average molecular weight is 460 g/mol. The van der Waals surface area contributed by atoms with E-state index in [1.807, 2.05) is 60.0 Å². The van der Waals surface area contributed by atoms with Gasteiger partial charge in [-0.3, -0.25) is 4.57 Å². The second-order valence-corrected chi connectivity index (χ2v) is 8.48. The predicted molar refractivity (Wildman–Crippen MR) is 119 cm³/mol. The highest BCUT2D eigenvalue weighted by Crippen LogP contribution is 2.29. The summed E-state index contributed by atoms with van der Waals surface area (Å²) in [6.45, 7) is 2.86. The van der Waals surface area contributed by atoms with Gasteiger partial charge in [0.25, 0.3) is 0 Å². The third-order valence-corrected chi connectivity index (χ3v) is 6.05. The van der Waals surface area contributed by atoms with Crippen LogP contribution in [0.2, 0.25) is 10.0 Å². The summed E-state index contributed by atoms with van der Waals surface area (Å²) >= 11 is 13.9. The Morgan fingerprint density at radius 1 is 1.07 bits per heavy atom. The summed E-state index contributed by atoms with van der Waals surface area (Å²) in [5.74, 6) is 2.97. The van der Waals surface area contributed by atoms with Crippen LogP contribution < -0.4 is 4.74 Å². The zero-order valence-corrected chi connectivity index (χ0v) is 18.5. The first-order valence-corrected chi connectivity index (χ1v) is 11.0. The maximum Gasteiger partial charge on any atom is 0.192 e. The molecule has 0 amide bonds. The smallest absolute Gasteiger partial charge is 0.192 e. The molecule has 0 aliphatic carbocycles. The van der Waals surface area contributed by atoms with Crippen LogP contribution in [-0.4, -0.2) is 14.8 Å². The lowest BCUT2D eigenvalue weighted by atomic mass is 10.2. The maximum atomic E-state index is 6.31. The highest BCUT2D eigenvalue weighted by molar-refractivity contribution is 7.98. The summed E-state index contributed by atoms with van der Waals surface area (Å²) in [5.41, 5.74) is 2.17. The van der Waals surface area contributed by atoms with Crippen molar-refractivity contribution in [1.82, 2.24) is 14.8 Å². The van der Waals surface area contributed by atoms with Gasteiger partial charge >= 0.3 is 0 Å². The molecule has 30 heavy (non-hydrogen) atoms. The molecule has 0 saturated heterocycles. The van der Waals surface area contributed by atoms with E-state index in [1.54, 1.807) is 24.1 Å². The molecule has 2 aromatic carbocycles.